The number of amides is 2. The van der Waals surface area contributed by atoms with Crippen molar-refractivity contribution in [2.75, 3.05) is 5.32 Å². The Kier molecular flexibility index (Phi) is 5.29. The van der Waals surface area contributed by atoms with Crippen LogP contribution in [0.4, 0.5) is 10.5 Å². The monoisotopic (exact) mass is 385 g/mol. The maximum atomic E-state index is 12.8. The van der Waals surface area contributed by atoms with Gasteiger partial charge in [0.15, 0.2) is 0 Å². The van der Waals surface area contributed by atoms with Gasteiger partial charge in [-0.3, -0.25) is 9.78 Å². The highest BCUT2D eigenvalue weighted by molar-refractivity contribution is 5.89. The van der Waals surface area contributed by atoms with Gasteiger partial charge in [-0.05, 0) is 30.3 Å². The fraction of sp³-hybridized carbons (Fsp3) is 0.0909. The first kappa shape index (κ1) is 18.4. The molecule has 0 aliphatic carbocycles. The van der Waals surface area contributed by atoms with E-state index in [1.54, 1.807) is 24.4 Å². The quantitative estimate of drug-likeness (QED) is 0.552. The molecule has 4 aromatic rings. The highest BCUT2D eigenvalue weighted by Crippen LogP contribution is 2.14. The number of rotatable bonds is 5. The van der Waals surface area contributed by atoms with Crippen molar-refractivity contribution >= 4 is 22.5 Å². The normalized spacial score (nSPS) is 10.6. The van der Waals surface area contributed by atoms with Crippen LogP contribution in [0.15, 0.2) is 83.8 Å². The van der Waals surface area contributed by atoms with Crippen molar-refractivity contribution in [1.82, 2.24) is 20.1 Å². The molecule has 144 valence electrons. The first-order chi connectivity index (χ1) is 14.2. The van der Waals surface area contributed by atoms with Crippen LogP contribution in [-0.4, -0.2) is 20.8 Å². The van der Waals surface area contributed by atoms with Gasteiger partial charge >= 0.3 is 6.03 Å². The highest BCUT2D eigenvalue weighted by Gasteiger charge is 2.12. The van der Waals surface area contributed by atoms with E-state index in [4.69, 9.17) is 0 Å². The lowest BCUT2D eigenvalue weighted by molar-refractivity contribution is 0.251. The van der Waals surface area contributed by atoms with Crippen LogP contribution in [0, 0.1) is 0 Å². The Bertz CT molecular complexity index is 1190. The standard InChI is InChI=1S/C22H19N5O2/c28-21-19-12-5-4-11-18(19)20(26-27(21)15-17-10-6-7-13-23-17)14-24-22(29)25-16-8-2-1-3-9-16/h1-13H,14-15H2,(H2,24,25,29). The molecular formula is C22H19N5O2. The zero-order valence-corrected chi connectivity index (χ0v) is 15.6. The lowest BCUT2D eigenvalue weighted by Crippen LogP contribution is -2.31. The number of pyridine rings is 1. The number of urea groups is 1. The van der Waals surface area contributed by atoms with Gasteiger partial charge in [-0.25, -0.2) is 9.48 Å². The van der Waals surface area contributed by atoms with Crippen LogP contribution in [0.5, 0.6) is 0 Å². The minimum Gasteiger partial charge on any atom is -0.332 e. The molecule has 29 heavy (non-hydrogen) atoms. The minimum atomic E-state index is -0.343. The van der Waals surface area contributed by atoms with Crippen LogP contribution in [0.1, 0.15) is 11.4 Å². The van der Waals surface area contributed by atoms with Crippen molar-refractivity contribution in [3.63, 3.8) is 0 Å². The van der Waals surface area contributed by atoms with Crippen molar-refractivity contribution in [2.24, 2.45) is 0 Å². The number of nitrogens with one attached hydrogen (secondary N) is 2. The molecule has 0 radical (unpaired) electrons. The largest absolute Gasteiger partial charge is 0.332 e. The molecule has 7 heteroatoms. The second-order valence-electron chi connectivity index (χ2n) is 6.45. The summed E-state index contributed by atoms with van der Waals surface area (Å²) in [6.07, 6.45) is 1.68. The smallest absolute Gasteiger partial charge is 0.319 e. The SMILES string of the molecule is O=C(NCc1nn(Cc2ccccn2)c(=O)c2ccccc12)Nc1ccccc1. The van der Waals surface area contributed by atoms with Crippen molar-refractivity contribution < 1.29 is 4.79 Å². The third-order valence-corrected chi connectivity index (χ3v) is 4.43. The minimum absolute atomic E-state index is 0.182. The van der Waals surface area contributed by atoms with Crippen LogP contribution in [-0.2, 0) is 13.1 Å². The highest BCUT2D eigenvalue weighted by atomic mass is 16.2. The third-order valence-electron chi connectivity index (χ3n) is 4.43. The van der Waals surface area contributed by atoms with E-state index < -0.39 is 0 Å². The van der Waals surface area contributed by atoms with Crippen LogP contribution >= 0.6 is 0 Å². The van der Waals surface area contributed by atoms with Crippen LogP contribution in [0.3, 0.4) is 0 Å². The molecule has 0 fully saturated rings. The number of carbonyl (C=O) groups is 1. The summed E-state index contributed by atoms with van der Waals surface area (Å²) in [5, 5.41) is 11.3. The summed E-state index contributed by atoms with van der Waals surface area (Å²) in [5.74, 6) is 0. The molecule has 0 saturated carbocycles. The van der Waals surface area contributed by atoms with Gasteiger partial charge in [-0.2, -0.15) is 5.10 Å². The molecule has 0 aliphatic rings. The van der Waals surface area contributed by atoms with E-state index in [2.05, 4.69) is 20.7 Å². The van der Waals surface area contributed by atoms with Gasteiger partial charge in [0.25, 0.3) is 5.56 Å². The number of hydrogen-bond donors (Lipinski definition) is 2. The molecular weight excluding hydrogens is 366 g/mol. The van der Waals surface area contributed by atoms with Crippen molar-refractivity contribution in [3.05, 3.63) is 101 Å². The topological polar surface area (TPSA) is 88.9 Å². The van der Waals surface area contributed by atoms with E-state index in [1.807, 2.05) is 54.6 Å². The van der Waals surface area contributed by atoms with Gasteiger partial charge in [0.05, 0.1) is 29.9 Å². The summed E-state index contributed by atoms with van der Waals surface area (Å²) < 4.78 is 1.39. The zero-order valence-electron chi connectivity index (χ0n) is 15.6. The fourth-order valence-electron chi connectivity index (χ4n) is 3.05. The molecule has 4 rings (SSSR count). The maximum Gasteiger partial charge on any atom is 0.319 e. The summed E-state index contributed by atoms with van der Waals surface area (Å²) in [5.41, 5.74) is 1.85. The fourth-order valence-corrected chi connectivity index (χ4v) is 3.05. The first-order valence-corrected chi connectivity index (χ1v) is 9.19. The van der Waals surface area contributed by atoms with Gasteiger partial charge in [-0.1, -0.05) is 42.5 Å². The van der Waals surface area contributed by atoms with Crippen LogP contribution < -0.4 is 16.2 Å². The van der Waals surface area contributed by atoms with Crippen molar-refractivity contribution in [2.45, 2.75) is 13.1 Å². The number of para-hydroxylation sites is 1. The summed E-state index contributed by atoms with van der Waals surface area (Å²) in [7, 11) is 0. The molecule has 0 spiro atoms. The molecule has 2 aromatic carbocycles. The summed E-state index contributed by atoms with van der Waals surface area (Å²) in [6, 6.07) is 21.6. The molecule has 0 unspecified atom stereocenters. The Morgan fingerprint density at radius 3 is 2.38 bits per heavy atom. The second-order valence-corrected chi connectivity index (χ2v) is 6.45. The number of aromatic nitrogens is 3. The Balaban J connectivity index is 1.60. The van der Waals surface area contributed by atoms with Gasteiger partial charge in [-0.15, -0.1) is 0 Å². The Morgan fingerprint density at radius 1 is 0.897 bits per heavy atom. The number of anilines is 1. The first-order valence-electron chi connectivity index (χ1n) is 9.19. The number of nitrogens with zero attached hydrogens (tertiary/aromatic N) is 3. The molecule has 2 amide bonds. The zero-order chi connectivity index (χ0) is 20.1. The molecule has 7 nitrogen and oxygen atoms in total. The predicted molar refractivity (Wildman–Crippen MR) is 112 cm³/mol. The van der Waals surface area contributed by atoms with Gasteiger partial charge in [0.1, 0.15) is 0 Å². The van der Waals surface area contributed by atoms with Gasteiger partial charge < -0.3 is 10.6 Å². The number of hydrogen-bond acceptors (Lipinski definition) is 4. The average molecular weight is 385 g/mol. The number of benzene rings is 2. The number of fused-ring (bicyclic) bond motifs is 1. The van der Waals surface area contributed by atoms with Crippen molar-refractivity contribution in [1.29, 1.82) is 0 Å². The van der Waals surface area contributed by atoms with E-state index in [9.17, 15) is 9.59 Å². The van der Waals surface area contributed by atoms with Gasteiger partial charge in [0.2, 0.25) is 0 Å². The summed E-state index contributed by atoms with van der Waals surface area (Å²) in [4.78, 5) is 29.3. The Labute approximate surface area is 167 Å². The molecule has 2 heterocycles. The lowest BCUT2D eigenvalue weighted by Gasteiger charge is -2.12. The molecule has 2 N–H and O–H groups in total. The second kappa shape index (κ2) is 8.35. The van der Waals surface area contributed by atoms with Crippen molar-refractivity contribution in [3.8, 4) is 0 Å². The Hall–Kier alpha value is -4.00. The predicted octanol–water partition coefficient (Wildman–Crippen LogP) is 3.16. The van der Waals surface area contributed by atoms with Crippen LogP contribution in [0.2, 0.25) is 0 Å². The van der Waals surface area contributed by atoms with E-state index in [1.165, 1.54) is 4.68 Å². The third kappa shape index (κ3) is 4.30. The maximum absolute atomic E-state index is 12.8. The molecule has 0 aliphatic heterocycles. The number of carbonyl (C=O) groups excluding carboxylic acids is 1. The van der Waals surface area contributed by atoms with E-state index >= 15 is 0 Å². The summed E-state index contributed by atoms with van der Waals surface area (Å²) in [6.45, 7) is 0.440. The molecule has 0 bridgehead atoms. The van der Waals surface area contributed by atoms with E-state index in [0.29, 0.717) is 16.8 Å². The van der Waals surface area contributed by atoms with Gasteiger partial charge in [0, 0.05) is 17.3 Å². The van der Waals surface area contributed by atoms with Crippen LogP contribution in [0.25, 0.3) is 10.8 Å². The molecule has 2 aromatic heterocycles. The molecule has 0 atom stereocenters. The van der Waals surface area contributed by atoms with E-state index in [-0.39, 0.29) is 24.7 Å². The van der Waals surface area contributed by atoms with E-state index in [0.717, 1.165) is 11.1 Å². The molecule has 0 saturated heterocycles. The summed E-state index contributed by atoms with van der Waals surface area (Å²) >= 11 is 0. The lowest BCUT2D eigenvalue weighted by atomic mass is 10.1. The average Bonchev–Trinajstić information content (AvgIpc) is 2.76. The Morgan fingerprint density at radius 2 is 1.62 bits per heavy atom.